The number of amides is 1. The van der Waals surface area contributed by atoms with Crippen molar-refractivity contribution in [3.05, 3.63) is 29.1 Å². The molecule has 4 nitrogen and oxygen atoms in total. The van der Waals surface area contributed by atoms with Crippen molar-refractivity contribution in [1.82, 2.24) is 5.32 Å². The summed E-state index contributed by atoms with van der Waals surface area (Å²) in [6.07, 6.45) is 2.38. The SMILES string of the molecule is CCCC(CC)NC(=O)c1cc(S(=O)(=O)Cl)cc(C)c1F. The third-order valence-corrected chi connectivity index (χ3v) is 4.55. The molecule has 1 aromatic rings. The summed E-state index contributed by atoms with van der Waals surface area (Å²) in [6.45, 7) is 5.29. The van der Waals surface area contributed by atoms with Gasteiger partial charge in [-0.3, -0.25) is 4.79 Å². The second-order valence-electron chi connectivity index (χ2n) is 4.91. The molecule has 0 aliphatic carbocycles. The summed E-state index contributed by atoms with van der Waals surface area (Å²) in [7, 11) is 1.24. The van der Waals surface area contributed by atoms with Gasteiger partial charge in [-0.05, 0) is 37.5 Å². The van der Waals surface area contributed by atoms with Crippen LogP contribution >= 0.6 is 10.7 Å². The third kappa shape index (κ3) is 4.68. The van der Waals surface area contributed by atoms with Crippen molar-refractivity contribution in [2.45, 2.75) is 51.0 Å². The lowest BCUT2D eigenvalue weighted by Crippen LogP contribution is -2.35. The zero-order valence-corrected chi connectivity index (χ0v) is 13.8. The van der Waals surface area contributed by atoms with Crippen LogP contribution in [-0.2, 0) is 9.05 Å². The van der Waals surface area contributed by atoms with E-state index in [-0.39, 0.29) is 22.1 Å². The van der Waals surface area contributed by atoms with E-state index < -0.39 is 20.8 Å². The normalized spacial score (nSPS) is 13.0. The molecule has 0 aliphatic heterocycles. The first-order valence-corrected chi connectivity index (χ1v) is 9.07. The third-order valence-electron chi connectivity index (χ3n) is 3.22. The van der Waals surface area contributed by atoms with Crippen molar-refractivity contribution in [3.63, 3.8) is 0 Å². The lowest BCUT2D eigenvalue weighted by molar-refractivity contribution is 0.0929. The van der Waals surface area contributed by atoms with Crippen molar-refractivity contribution in [1.29, 1.82) is 0 Å². The number of hydrogen-bond acceptors (Lipinski definition) is 3. The van der Waals surface area contributed by atoms with E-state index in [9.17, 15) is 17.6 Å². The molecule has 0 saturated carbocycles. The summed E-state index contributed by atoms with van der Waals surface area (Å²) in [5.41, 5.74) is -0.241. The Bertz CT molecular complexity index is 631. The Labute approximate surface area is 129 Å². The van der Waals surface area contributed by atoms with Gasteiger partial charge in [-0.15, -0.1) is 0 Å². The van der Waals surface area contributed by atoms with E-state index in [2.05, 4.69) is 5.32 Å². The topological polar surface area (TPSA) is 63.2 Å². The number of halogens is 2. The summed E-state index contributed by atoms with van der Waals surface area (Å²) in [6, 6.07) is 2.01. The Morgan fingerprint density at radius 2 is 2.00 bits per heavy atom. The second-order valence-corrected chi connectivity index (χ2v) is 7.47. The molecule has 1 aromatic carbocycles. The van der Waals surface area contributed by atoms with Gasteiger partial charge in [0.2, 0.25) is 0 Å². The minimum atomic E-state index is -4.02. The van der Waals surface area contributed by atoms with E-state index in [1.54, 1.807) is 0 Å². The monoisotopic (exact) mass is 335 g/mol. The van der Waals surface area contributed by atoms with Crippen LogP contribution in [0.1, 0.15) is 49.0 Å². The summed E-state index contributed by atoms with van der Waals surface area (Å²) < 4.78 is 36.8. The smallest absolute Gasteiger partial charge is 0.261 e. The van der Waals surface area contributed by atoms with Gasteiger partial charge < -0.3 is 5.32 Å². The minimum Gasteiger partial charge on any atom is -0.349 e. The Morgan fingerprint density at radius 3 is 2.48 bits per heavy atom. The van der Waals surface area contributed by atoms with E-state index >= 15 is 0 Å². The van der Waals surface area contributed by atoms with Crippen LogP contribution < -0.4 is 5.32 Å². The van der Waals surface area contributed by atoms with Gasteiger partial charge in [0.05, 0.1) is 10.5 Å². The van der Waals surface area contributed by atoms with Crippen LogP contribution in [0.3, 0.4) is 0 Å². The fourth-order valence-corrected chi connectivity index (χ4v) is 2.88. The average Bonchev–Trinajstić information content (AvgIpc) is 2.39. The van der Waals surface area contributed by atoms with E-state index in [1.807, 2.05) is 13.8 Å². The number of aryl methyl sites for hydroxylation is 1. The fraction of sp³-hybridized carbons (Fsp3) is 0.500. The van der Waals surface area contributed by atoms with Gasteiger partial charge in [-0.25, -0.2) is 12.8 Å². The average molecular weight is 336 g/mol. The summed E-state index contributed by atoms with van der Waals surface area (Å²) in [5, 5.41) is 2.71. The molecular formula is C14H19ClFNO3S. The number of carbonyl (C=O) groups excluding carboxylic acids is 1. The van der Waals surface area contributed by atoms with Crippen molar-refractivity contribution in [2.75, 3.05) is 0 Å². The van der Waals surface area contributed by atoms with Crippen LogP contribution in [0.5, 0.6) is 0 Å². The Morgan fingerprint density at radius 1 is 1.38 bits per heavy atom. The molecule has 0 saturated heterocycles. The molecule has 1 N–H and O–H groups in total. The fourth-order valence-electron chi connectivity index (χ4n) is 2.03. The Hall–Kier alpha value is -1.14. The van der Waals surface area contributed by atoms with Crippen LogP contribution in [0.25, 0.3) is 0 Å². The van der Waals surface area contributed by atoms with E-state index in [4.69, 9.17) is 10.7 Å². The molecule has 0 bridgehead atoms. The predicted molar refractivity (Wildman–Crippen MR) is 80.6 cm³/mol. The van der Waals surface area contributed by atoms with Gasteiger partial charge >= 0.3 is 0 Å². The molecule has 0 fully saturated rings. The molecular weight excluding hydrogens is 317 g/mol. The molecule has 1 atom stereocenters. The van der Waals surface area contributed by atoms with Gasteiger partial charge in [-0.2, -0.15) is 0 Å². The molecule has 0 radical (unpaired) electrons. The lowest BCUT2D eigenvalue weighted by Gasteiger charge is -2.17. The molecule has 118 valence electrons. The maximum atomic E-state index is 14.1. The molecule has 7 heteroatoms. The minimum absolute atomic E-state index is 0.0606. The van der Waals surface area contributed by atoms with Gasteiger partial charge in [0.15, 0.2) is 0 Å². The largest absolute Gasteiger partial charge is 0.349 e. The van der Waals surface area contributed by atoms with Crippen LogP contribution in [0.15, 0.2) is 17.0 Å². The van der Waals surface area contributed by atoms with Crippen molar-refractivity contribution < 1.29 is 17.6 Å². The first-order valence-electron chi connectivity index (χ1n) is 6.76. The molecule has 1 rings (SSSR count). The number of benzene rings is 1. The maximum Gasteiger partial charge on any atom is 0.261 e. The quantitative estimate of drug-likeness (QED) is 0.811. The van der Waals surface area contributed by atoms with Crippen molar-refractivity contribution in [2.24, 2.45) is 0 Å². The maximum absolute atomic E-state index is 14.1. The highest BCUT2D eigenvalue weighted by molar-refractivity contribution is 8.13. The zero-order valence-electron chi connectivity index (χ0n) is 12.2. The lowest BCUT2D eigenvalue weighted by atomic mass is 10.1. The van der Waals surface area contributed by atoms with Crippen LogP contribution in [0.2, 0.25) is 0 Å². The Balaban J connectivity index is 3.17. The van der Waals surface area contributed by atoms with Crippen molar-refractivity contribution >= 4 is 25.6 Å². The van der Waals surface area contributed by atoms with Gasteiger partial charge in [0, 0.05) is 16.7 Å². The first kappa shape index (κ1) is 17.9. The first-order chi connectivity index (χ1) is 9.70. The highest BCUT2D eigenvalue weighted by Crippen LogP contribution is 2.22. The molecule has 21 heavy (non-hydrogen) atoms. The number of hydrogen-bond donors (Lipinski definition) is 1. The second kappa shape index (κ2) is 7.22. The molecule has 0 spiro atoms. The number of nitrogens with one attached hydrogen (secondary N) is 1. The Kier molecular flexibility index (Phi) is 6.16. The molecule has 0 heterocycles. The number of rotatable bonds is 6. The van der Waals surface area contributed by atoms with Crippen LogP contribution in [0, 0.1) is 12.7 Å². The summed E-state index contributed by atoms with van der Waals surface area (Å²) in [5.74, 6) is -1.36. The van der Waals surface area contributed by atoms with Gasteiger partial charge in [0.1, 0.15) is 5.82 Å². The molecule has 1 amide bonds. The van der Waals surface area contributed by atoms with Gasteiger partial charge in [-0.1, -0.05) is 20.3 Å². The zero-order chi connectivity index (χ0) is 16.2. The van der Waals surface area contributed by atoms with Crippen molar-refractivity contribution in [3.8, 4) is 0 Å². The highest BCUT2D eigenvalue weighted by atomic mass is 35.7. The van der Waals surface area contributed by atoms with E-state index in [0.29, 0.717) is 6.42 Å². The molecule has 0 aromatic heterocycles. The van der Waals surface area contributed by atoms with E-state index in [1.165, 1.54) is 6.92 Å². The van der Waals surface area contributed by atoms with Gasteiger partial charge in [0.25, 0.3) is 15.0 Å². The predicted octanol–water partition coefficient (Wildman–Crippen LogP) is 3.37. The van der Waals surface area contributed by atoms with Crippen LogP contribution in [0.4, 0.5) is 4.39 Å². The van der Waals surface area contributed by atoms with E-state index in [0.717, 1.165) is 25.0 Å². The molecule has 1 unspecified atom stereocenters. The molecule has 0 aliphatic rings. The van der Waals surface area contributed by atoms with Crippen LogP contribution in [-0.4, -0.2) is 20.4 Å². The summed E-state index contributed by atoms with van der Waals surface area (Å²) >= 11 is 0. The number of carbonyl (C=O) groups is 1. The summed E-state index contributed by atoms with van der Waals surface area (Å²) in [4.78, 5) is 11.9. The standard InChI is InChI=1S/C14H19ClFNO3S/c1-4-6-10(5-2)17-14(18)12-8-11(21(15,19)20)7-9(3)13(12)16/h7-8,10H,4-6H2,1-3H3,(H,17,18). The highest BCUT2D eigenvalue weighted by Gasteiger charge is 2.21.